The monoisotopic (exact) mass is 342 g/mol. The van der Waals surface area contributed by atoms with E-state index in [1.165, 1.54) is 0 Å². The second kappa shape index (κ2) is 10.2. The zero-order valence-electron chi connectivity index (χ0n) is 14.1. The van der Waals surface area contributed by atoms with Crippen LogP contribution >= 0.6 is 12.4 Å². The summed E-state index contributed by atoms with van der Waals surface area (Å²) in [6.45, 7) is 7.15. The summed E-state index contributed by atoms with van der Waals surface area (Å²) in [6, 6.07) is 8.72. The molecule has 1 amide bonds. The number of nitrogens with two attached hydrogens (primary N) is 1. The smallest absolute Gasteiger partial charge is 0.308 e. The first-order valence-corrected chi connectivity index (χ1v) is 7.61. The molecular formula is C17H27ClN2O3. The minimum absolute atomic E-state index is 0. The molecule has 1 rings (SSSR count). The molecule has 0 saturated carbocycles. The Kier molecular flexibility index (Phi) is 9.53. The Labute approximate surface area is 144 Å². The SMILES string of the molecule is CC(C)OC(=O)CC(NC(=O)C(C)C(C)N)c1ccccc1.Cl. The van der Waals surface area contributed by atoms with E-state index in [0.717, 1.165) is 5.56 Å². The average Bonchev–Trinajstić information content (AvgIpc) is 2.45. The first-order valence-electron chi connectivity index (χ1n) is 7.61. The molecule has 1 aromatic carbocycles. The van der Waals surface area contributed by atoms with E-state index in [2.05, 4.69) is 5.32 Å². The first-order chi connectivity index (χ1) is 10.3. The van der Waals surface area contributed by atoms with Gasteiger partial charge in [0, 0.05) is 12.0 Å². The predicted octanol–water partition coefficient (Wildman–Crippen LogP) is 2.59. The van der Waals surface area contributed by atoms with Crippen molar-refractivity contribution in [2.24, 2.45) is 11.7 Å². The van der Waals surface area contributed by atoms with E-state index in [1.807, 2.05) is 30.3 Å². The normalized spacial score (nSPS) is 14.3. The molecule has 0 spiro atoms. The fourth-order valence-electron chi connectivity index (χ4n) is 1.96. The summed E-state index contributed by atoms with van der Waals surface area (Å²) in [6.07, 6.45) is -0.0813. The Morgan fingerprint density at radius 1 is 1.13 bits per heavy atom. The van der Waals surface area contributed by atoms with Crippen molar-refractivity contribution < 1.29 is 14.3 Å². The molecule has 0 fully saturated rings. The molecule has 3 unspecified atom stereocenters. The van der Waals surface area contributed by atoms with Crippen molar-refractivity contribution >= 4 is 24.3 Å². The number of benzene rings is 1. The molecule has 0 saturated heterocycles. The van der Waals surface area contributed by atoms with Gasteiger partial charge in [0.15, 0.2) is 0 Å². The molecule has 0 radical (unpaired) electrons. The van der Waals surface area contributed by atoms with E-state index in [0.29, 0.717) is 0 Å². The Morgan fingerprint density at radius 2 is 1.70 bits per heavy atom. The minimum atomic E-state index is -0.416. The second-order valence-corrected chi connectivity index (χ2v) is 5.86. The van der Waals surface area contributed by atoms with E-state index in [9.17, 15) is 9.59 Å². The molecule has 23 heavy (non-hydrogen) atoms. The summed E-state index contributed by atoms with van der Waals surface area (Å²) >= 11 is 0. The predicted molar refractivity (Wildman–Crippen MR) is 93.2 cm³/mol. The molecule has 3 N–H and O–H groups in total. The zero-order valence-corrected chi connectivity index (χ0v) is 14.9. The van der Waals surface area contributed by atoms with Crippen molar-refractivity contribution in [3.05, 3.63) is 35.9 Å². The van der Waals surface area contributed by atoms with Crippen LogP contribution in [-0.2, 0) is 14.3 Å². The van der Waals surface area contributed by atoms with Gasteiger partial charge in [-0.1, -0.05) is 37.3 Å². The van der Waals surface area contributed by atoms with Crippen LogP contribution in [0.2, 0.25) is 0 Å². The van der Waals surface area contributed by atoms with Gasteiger partial charge in [-0.25, -0.2) is 0 Å². The van der Waals surface area contributed by atoms with Crippen molar-refractivity contribution in [1.29, 1.82) is 0 Å². The Morgan fingerprint density at radius 3 is 2.17 bits per heavy atom. The molecule has 3 atom stereocenters. The molecule has 6 heteroatoms. The summed E-state index contributed by atoms with van der Waals surface area (Å²) in [5, 5.41) is 2.90. The van der Waals surface area contributed by atoms with E-state index >= 15 is 0 Å². The highest BCUT2D eigenvalue weighted by atomic mass is 35.5. The van der Waals surface area contributed by atoms with Crippen molar-refractivity contribution in [1.82, 2.24) is 5.32 Å². The number of rotatable bonds is 7. The van der Waals surface area contributed by atoms with Crippen LogP contribution < -0.4 is 11.1 Å². The van der Waals surface area contributed by atoms with Gasteiger partial charge >= 0.3 is 5.97 Å². The zero-order chi connectivity index (χ0) is 16.7. The van der Waals surface area contributed by atoms with Gasteiger partial charge in [0.2, 0.25) is 5.91 Å². The van der Waals surface area contributed by atoms with Crippen LogP contribution in [0.3, 0.4) is 0 Å². The number of ether oxygens (including phenoxy) is 1. The van der Waals surface area contributed by atoms with E-state index < -0.39 is 6.04 Å². The summed E-state index contributed by atoms with van der Waals surface area (Å²) in [7, 11) is 0. The van der Waals surface area contributed by atoms with Crippen LogP contribution in [0.1, 0.15) is 45.7 Å². The lowest BCUT2D eigenvalue weighted by Crippen LogP contribution is -2.41. The number of esters is 1. The number of hydrogen-bond donors (Lipinski definition) is 2. The fourth-order valence-corrected chi connectivity index (χ4v) is 1.96. The summed E-state index contributed by atoms with van der Waals surface area (Å²) in [5.74, 6) is -0.828. The van der Waals surface area contributed by atoms with Crippen LogP contribution in [0.5, 0.6) is 0 Å². The van der Waals surface area contributed by atoms with Crippen LogP contribution in [0.15, 0.2) is 30.3 Å². The largest absolute Gasteiger partial charge is 0.463 e. The van der Waals surface area contributed by atoms with Crippen LogP contribution in [-0.4, -0.2) is 24.0 Å². The van der Waals surface area contributed by atoms with Crippen LogP contribution in [0.25, 0.3) is 0 Å². The number of halogens is 1. The standard InChI is InChI=1S/C17H26N2O3.ClH/c1-11(2)22-16(20)10-15(14-8-6-5-7-9-14)19-17(21)12(3)13(4)18;/h5-9,11-13,15H,10,18H2,1-4H3,(H,19,21);1H. The molecule has 0 aromatic heterocycles. The number of hydrogen-bond acceptors (Lipinski definition) is 4. The maximum atomic E-state index is 12.2. The van der Waals surface area contributed by atoms with Gasteiger partial charge in [-0.15, -0.1) is 12.4 Å². The lowest BCUT2D eigenvalue weighted by Gasteiger charge is -2.23. The maximum Gasteiger partial charge on any atom is 0.308 e. The van der Waals surface area contributed by atoms with Gasteiger partial charge in [0.1, 0.15) is 0 Å². The topological polar surface area (TPSA) is 81.4 Å². The molecule has 0 aliphatic carbocycles. The van der Waals surface area contributed by atoms with Crippen LogP contribution in [0, 0.1) is 5.92 Å². The van der Waals surface area contributed by atoms with E-state index in [4.69, 9.17) is 10.5 Å². The van der Waals surface area contributed by atoms with Crippen molar-refractivity contribution in [2.75, 3.05) is 0 Å². The first kappa shape index (κ1) is 21.4. The highest BCUT2D eigenvalue weighted by Gasteiger charge is 2.24. The maximum absolute atomic E-state index is 12.2. The molecule has 5 nitrogen and oxygen atoms in total. The van der Waals surface area contributed by atoms with Gasteiger partial charge in [-0.05, 0) is 26.3 Å². The molecule has 0 aliphatic rings. The number of amides is 1. The molecule has 0 heterocycles. The quantitative estimate of drug-likeness (QED) is 0.746. The molecule has 0 bridgehead atoms. The third kappa shape index (κ3) is 7.48. The summed E-state index contributed by atoms with van der Waals surface area (Å²) < 4.78 is 5.18. The van der Waals surface area contributed by atoms with Gasteiger partial charge in [0.25, 0.3) is 0 Å². The minimum Gasteiger partial charge on any atom is -0.463 e. The Bertz CT molecular complexity index is 492. The lowest BCUT2D eigenvalue weighted by atomic mass is 10.00. The third-order valence-electron chi connectivity index (χ3n) is 3.46. The summed E-state index contributed by atoms with van der Waals surface area (Å²) in [4.78, 5) is 24.2. The highest BCUT2D eigenvalue weighted by molar-refractivity contribution is 5.85. The highest BCUT2D eigenvalue weighted by Crippen LogP contribution is 2.18. The Hall–Kier alpha value is -1.59. The lowest BCUT2D eigenvalue weighted by molar-refractivity contribution is -0.148. The number of nitrogens with one attached hydrogen (secondary N) is 1. The van der Waals surface area contributed by atoms with E-state index in [1.54, 1.807) is 27.7 Å². The van der Waals surface area contributed by atoms with Gasteiger partial charge in [0.05, 0.1) is 18.6 Å². The van der Waals surface area contributed by atoms with Crippen LogP contribution in [0.4, 0.5) is 0 Å². The number of carbonyl (C=O) groups is 2. The molecule has 0 aliphatic heterocycles. The van der Waals surface area contributed by atoms with Gasteiger partial charge in [-0.2, -0.15) is 0 Å². The van der Waals surface area contributed by atoms with Crippen molar-refractivity contribution in [3.8, 4) is 0 Å². The molecule has 1 aromatic rings. The second-order valence-electron chi connectivity index (χ2n) is 5.86. The average molecular weight is 343 g/mol. The summed E-state index contributed by atoms with van der Waals surface area (Å²) in [5.41, 5.74) is 6.63. The number of carbonyl (C=O) groups excluding carboxylic acids is 2. The fraction of sp³-hybridized carbons (Fsp3) is 0.529. The van der Waals surface area contributed by atoms with E-state index in [-0.39, 0.29) is 48.8 Å². The van der Waals surface area contributed by atoms with Gasteiger partial charge < -0.3 is 15.8 Å². The molecular weight excluding hydrogens is 316 g/mol. The van der Waals surface area contributed by atoms with Crippen molar-refractivity contribution in [2.45, 2.75) is 52.3 Å². The third-order valence-corrected chi connectivity index (χ3v) is 3.46. The van der Waals surface area contributed by atoms with Crippen molar-refractivity contribution in [3.63, 3.8) is 0 Å². The van der Waals surface area contributed by atoms with Gasteiger partial charge in [-0.3, -0.25) is 9.59 Å². The molecule has 130 valence electrons. The Balaban J connectivity index is 0.00000484.